The van der Waals surface area contributed by atoms with Gasteiger partial charge in [0.05, 0.1) is 5.56 Å². The van der Waals surface area contributed by atoms with E-state index in [1.54, 1.807) is 5.32 Å². The molecule has 0 aliphatic heterocycles. The SMILES string of the molecule is CC(OC(=O)c1cccc(N)c1)C(=O)Nc1c(F)c(F)cc(F)c1F. The summed E-state index contributed by atoms with van der Waals surface area (Å²) < 4.78 is 58.1. The van der Waals surface area contributed by atoms with Gasteiger partial charge in [-0.2, -0.15) is 0 Å². The van der Waals surface area contributed by atoms with Crippen molar-refractivity contribution < 1.29 is 31.9 Å². The van der Waals surface area contributed by atoms with Gasteiger partial charge >= 0.3 is 5.97 Å². The number of hydrogen-bond acceptors (Lipinski definition) is 4. The Hall–Kier alpha value is -3.10. The maximum atomic E-state index is 13.5. The molecule has 2 aromatic carbocycles. The molecule has 2 aromatic rings. The van der Waals surface area contributed by atoms with Crippen LogP contribution in [0.1, 0.15) is 17.3 Å². The maximum absolute atomic E-state index is 13.5. The molecule has 0 aliphatic rings. The summed E-state index contributed by atoms with van der Waals surface area (Å²) in [6.07, 6.45) is -1.50. The van der Waals surface area contributed by atoms with Crippen molar-refractivity contribution in [1.29, 1.82) is 0 Å². The number of hydrogen-bond donors (Lipinski definition) is 2. The third kappa shape index (κ3) is 4.06. The lowest BCUT2D eigenvalue weighted by Gasteiger charge is -2.15. The fourth-order valence-corrected chi connectivity index (χ4v) is 1.86. The van der Waals surface area contributed by atoms with Crippen molar-refractivity contribution >= 4 is 23.3 Å². The van der Waals surface area contributed by atoms with Gasteiger partial charge in [0.2, 0.25) is 0 Å². The first-order chi connectivity index (χ1) is 11.7. The number of nitrogens with two attached hydrogens (primary N) is 1. The molecule has 0 aromatic heterocycles. The third-order valence-corrected chi connectivity index (χ3v) is 3.14. The van der Waals surface area contributed by atoms with E-state index in [0.29, 0.717) is 0 Å². The number of nitrogens with one attached hydrogen (secondary N) is 1. The van der Waals surface area contributed by atoms with Crippen LogP contribution in [0.5, 0.6) is 0 Å². The van der Waals surface area contributed by atoms with Gasteiger partial charge in [-0.1, -0.05) is 6.07 Å². The zero-order valence-corrected chi connectivity index (χ0v) is 12.8. The van der Waals surface area contributed by atoms with Crippen LogP contribution in [0.3, 0.4) is 0 Å². The van der Waals surface area contributed by atoms with Gasteiger partial charge in [-0.25, -0.2) is 22.4 Å². The number of rotatable bonds is 4. The van der Waals surface area contributed by atoms with Gasteiger partial charge in [-0.3, -0.25) is 4.79 Å². The van der Waals surface area contributed by atoms with Gasteiger partial charge in [0.25, 0.3) is 5.91 Å². The van der Waals surface area contributed by atoms with Crippen LogP contribution in [0.4, 0.5) is 28.9 Å². The summed E-state index contributed by atoms with van der Waals surface area (Å²) in [6.45, 7) is 1.12. The molecular formula is C16H12F4N2O3. The van der Waals surface area contributed by atoms with E-state index in [4.69, 9.17) is 10.5 Å². The van der Waals surface area contributed by atoms with Crippen LogP contribution in [0.25, 0.3) is 0 Å². The monoisotopic (exact) mass is 356 g/mol. The summed E-state index contributed by atoms with van der Waals surface area (Å²) in [5, 5.41) is 1.66. The lowest BCUT2D eigenvalue weighted by atomic mass is 10.2. The molecular weight excluding hydrogens is 344 g/mol. The second-order valence-corrected chi connectivity index (χ2v) is 5.01. The Morgan fingerprint density at radius 1 is 1.08 bits per heavy atom. The number of benzene rings is 2. The number of nitrogen functional groups attached to an aromatic ring is 1. The zero-order chi connectivity index (χ0) is 18.7. The Morgan fingerprint density at radius 2 is 1.68 bits per heavy atom. The highest BCUT2D eigenvalue weighted by atomic mass is 19.2. The molecule has 0 spiro atoms. The minimum atomic E-state index is -1.78. The molecule has 5 nitrogen and oxygen atoms in total. The standard InChI is InChI=1S/C16H12F4N2O3/c1-7(25-16(24)8-3-2-4-9(21)5-8)15(23)22-14-12(19)10(17)6-11(18)13(14)20/h2-7H,21H2,1H3,(H,22,23). The molecule has 1 atom stereocenters. The van der Waals surface area contributed by atoms with Crippen LogP contribution < -0.4 is 11.1 Å². The number of amides is 1. The smallest absolute Gasteiger partial charge is 0.338 e. The third-order valence-electron chi connectivity index (χ3n) is 3.14. The normalized spacial score (nSPS) is 11.7. The van der Waals surface area contributed by atoms with E-state index in [1.807, 2.05) is 0 Å². The van der Waals surface area contributed by atoms with E-state index in [1.165, 1.54) is 24.3 Å². The van der Waals surface area contributed by atoms with Crippen molar-refractivity contribution in [2.24, 2.45) is 0 Å². The van der Waals surface area contributed by atoms with E-state index in [9.17, 15) is 27.2 Å². The Labute approximate surface area is 139 Å². The molecule has 0 heterocycles. The number of anilines is 2. The fourth-order valence-electron chi connectivity index (χ4n) is 1.86. The summed E-state index contributed by atoms with van der Waals surface area (Å²) in [5.74, 6) is -9.01. The summed E-state index contributed by atoms with van der Waals surface area (Å²) in [5.41, 5.74) is 4.53. The maximum Gasteiger partial charge on any atom is 0.338 e. The van der Waals surface area contributed by atoms with Crippen molar-refractivity contribution in [3.05, 3.63) is 59.2 Å². The molecule has 0 aliphatic carbocycles. The van der Waals surface area contributed by atoms with Gasteiger partial charge in [0.1, 0.15) is 5.69 Å². The molecule has 25 heavy (non-hydrogen) atoms. The minimum absolute atomic E-state index is 0.00356. The van der Waals surface area contributed by atoms with Gasteiger partial charge in [0.15, 0.2) is 29.4 Å². The van der Waals surface area contributed by atoms with Crippen molar-refractivity contribution in [2.45, 2.75) is 13.0 Å². The summed E-state index contributed by atoms with van der Waals surface area (Å²) in [7, 11) is 0. The highest BCUT2D eigenvalue weighted by Gasteiger charge is 2.25. The van der Waals surface area contributed by atoms with Gasteiger partial charge < -0.3 is 15.8 Å². The zero-order valence-electron chi connectivity index (χ0n) is 12.8. The Kier molecular flexibility index (Phi) is 5.26. The van der Waals surface area contributed by atoms with Crippen LogP contribution in [-0.2, 0) is 9.53 Å². The fraction of sp³-hybridized carbons (Fsp3) is 0.125. The first-order valence-corrected chi connectivity index (χ1v) is 6.91. The number of carbonyl (C=O) groups excluding carboxylic acids is 2. The molecule has 0 saturated heterocycles. The largest absolute Gasteiger partial charge is 0.449 e. The van der Waals surface area contributed by atoms with Crippen molar-refractivity contribution in [3.63, 3.8) is 0 Å². The highest BCUT2D eigenvalue weighted by molar-refractivity contribution is 5.97. The number of carbonyl (C=O) groups is 2. The van der Waals surface area contributed by atoms with Gasteiger partial charge in [-0.05, 0) is 25.1 Å². The summed E-state index contributed by atoms with van der Waals surface area (Å²) in [4.78, 5) is 23.8. The first kappa shape index (κ1) is 18.2. The lowest BCUT2D eigenvalue weighted by molar-refractivity contribution is -0.123. The number of ether oxygens (including phenoxy) is 1. The van der Waals surface area contributed by atoms with Crippen LogP contribution in [0.2, 0.25) is 0 Å². The van der Waals surface area contributed by atoms with E-state index < -0.39 is 46.9 Å². The van der Waals surface area contributed by atoms with Crippen LogP contribution in [0, 0.1) is 23.3 Å². The first-order valence-electron chi connectivity index (χ1n) is 6.91. The van der Waals surface area contributed by atoms with Gasteiger partial charge in [0, 0.05) is 11.8 Å². The summed E-state index contributed by atoms with van der Waals surface area (Å²) in [6, 6.07) is 5.69. The number of halogens is 4. The Morgan fingerprint density at radius 3 is 2.24 bits per heavy atom. The quantitative estimate of drug-likeness (QED) is 0.382. The second kappa shape index (κ2) is 7.20. The van der Waals surface area contributed by atoms with E-state index >= 15 is 0 Å². The second-order valence-electron chi connectivity index (χ2n) is 5.01. The Bertz CT molecular complexity index is 816. The predicted octanol–water partition coefficient (Wildman–Crippen LogP) is 3.01. The molecule has 0 saturated carbocycles. The molecule has 9 heteroatoms. The van der Waals surface area contributed by atoms with Crippen LogP contribution in [-0.4, -0.2) is 18.0 Å². The molecule has 0 radical (unpaired) electrons. The molecule has 1 amide bonds. The molecule has 0 bridgehead atoms. The predicted molar refractivity (Wildman–Crippen MR) is 80.6 cm³/mol. The molecule has 132 valence electrons. The molecule has 3 N–H and O–H groups in total. The van der Waals surface area contributed by atoms with E-state index in [2.05, 4.69) is 0 Å². The van der Waals surface area contributed by atoms with Crippen molar-refractivity contribution in [3.8, 4) is 0 Å². The topological polar surface area (TPSA) is 81.4 Å². The van der Waals surface area contributed by atoms with Crippen molar-refractivity contribution in [1.82, 2.24) is 0 Å². The average molecular weight is 356 g/mol. The van der Waals surface area contributed by atoms with E-state index in [0.717, 1.165) is 6.92 Å². The van der Waals surface area contributed by atoms with E-state index in [-0.39, 0.29) is 17.3 Å². The Balaban J connectivity index is 2.12. The van der Waals surface area contributed by atoms with Gasteiger partial charge in [-0.15, -0.1) is 0 Å². The van der Waals surface area contributed by atoms with Crippen LogP contribution in [0.15, 0.2) is 30.3 Å². The summed E-state index contributed by atoms with van der Waals surface area (Å²) >= 11 is 0. The van der Waals surface area contributed by atoms with Crippen molar-refractivity contribution in [2.75, 3.05) is 11.1 Å². The minimum Gasteiger partial charge on any atom is -0.449 e. The number of esters is 1. The average Bonchev–Trinajstić information content (AvgIpc) is 2.56. The van der Waals surface area contributed by atoms with Crippen LogP contribution >= 0.6 is 0 Å². The molecule has 2 rings (SSSR count). The molecule has 1 unspecified atom stereocenters. The molecule has 0 fully saturated rings. The highest BCUT2D eigenvalue weighted by Crippen LogP contribution is 2.24. The lowest BCUT2D eigenvalue weighted by Crippen LogP contribution is -2.31.